The van der Waals surface area contributed by atoms with Gasteiger partial charge in [-0.05, 0) is 31.5 Å². The van der Waals surface area contributed by atoms with Crippen LogP contribution in [0.2, 0.25) is 0 Å². The van der Waals surface area contributed by atoms with Crippen LogP contribution in [0.15, 0.2) is 53.7 Å². The number of aliphatic imine (C=N–C) groups is 1. The number of methoxy groups -OCH3 is 1. The van der Waals surface area contributed by atoms with Gasteiger partial charge in [0.2, 0.25) is 5.88 Å². The smallest absolute Gasteiger partial charge is 0.213 e. The fourth-order valence-corrected chi connectivity index (χ4v) is 2.88. The Labute approximate surface area is 180 Å². The normalized spacial score (nSPS) is 12.6. The van der Waals surface area contributed by atoms with Crippen LogP contribution in [-0.2, 0) is 17.8 Å². The SMILES string of the molecule is CN=C(NCCC(C)N(C)Cc1ccccc1)NCc1ccc(OCCOC)nc1. The van der Waals surface area contributed by atoms with Gasteiger partial charge in [0.1, 0.15) is 6.61 Å². The summed E-state index contributed by atoms with van der Waals surface area (Å²) in [5.74, 6) is 1.39. The average Bonchev–Trinajstić information content (AvgIpc) is 2.77. The monoisotopic (exact) mass is 413 g/mol. The number of nitrogens with zero attached hydrogens (tertiary/aromatic N) is 3. The Morgan fingerprint density at radius 3 is 2.57 bits per heavy atom. The highest BCUT2D eigenvalue weighted by Gasteiger charge is 2.10. The highest BCUT2D eigenvalue weighted by atomic mass is 16.5. The van der Waals surface area contributed by atoms with Gasteiger partial charge >= 0.3 is 0 Å². The van der Waals surface area contributed by atoms with Crippen molar-refractivity contribution in [1.82, 2.24) is 20.5 Å². The molecule has 1 unspecified atom stereocenters. The van der Waals surface area contributed by atoms with Crippen molar-refractivity contribution in [3.8, 4) is 5.88 Å². The first kappa shape index (κ1) is 23.6. The van der Waals surface area contributed by atoms with Crippen LogP contribution in [0.25, 0.3) is 0 Å². The van der Waals surface area contributed by atoms with Crippen LogP contribution in [0.1, 0.15) is 24.5 Å². The van der Waals surface area contributed by atoms with Gasteiger partial charge in [0.15, 0.2) is 5.96 Å². The van der Waals surface area contributed by atoms with E-state index in [2.05, 4.69) is 69.8 Å². The number of aromatic nitrogens is 1. The predicted molar refractivity (Wildman–Crippen MR) is 122 cm³/mol. The lowest BCUT2D eigenvalue weighted by Gasteiger charge is -2.25. The quantitative estimate of drug-likeness (QED) is 0.317. The molecule has 164 valence electrons. The van der Waals surface area contributed by atoms with E-state index >= 15 is 0 Å². The number of ether oxygens (including phenoxy) is 2. The summed E-state index contributed by atoms with van der Waals surface area (Å²) in [7, 11) is 5.60. The maximum Gasteiger partial charge on any atom is 0.213 e. The molecule has 7 nitrogen and oxygen atoms in total. The van der Waals surface area contributed by atoms with E-state index in [-0.39, 0.29) is 0 Å². The second kappa shape index (κ2) is 13.6. The molecule has 0 saturated heterocycles. The van der Waals surface area contributed by atoms with Crippen molar-refractivity contribution in [2.75, 3.05) is 41.0 Å². The van der Waals surface area contributed by atoms with E-state index in [4.69, 9.17) is 9.47 Å². The van der Waals surface area contributed by atoms with Gasteiger partial charge in [-0.1, -0.05) is 36.4 Å². The van der Waals surface area contributed by atoms with E-state index in [1.54, 1.807) is 14.2 Å². The van der Waals surface area contributed by atoms with Crippen molar-refractivity contribution >= 4 is 5.96 Å². The molecule has 0 aliphatic heterocycles. The minimum absolute atomic E-state index is 0.464. The summed E-state index contributed by atoms with van der Waals surface area (Å²) in [5, 5.41) is 6.71. The Kier molecular flexibility index (Phi) is 10.7. The van der Waals surface area contributed by atoms with Crippen molar-refractivity contribution in [3.63, 3.8) is 0 Å². The fraction of sp³-hybridized carbons (Fsp3) is 0.478. The molecular weight excluding hydrogens is 378 g/mol. The molecule has 1 heterocycles. The molecule has 1 aromatic carbocycles. The second-order valence-electron chi connectivity index (χ2n) is 7.24. The number of rotatable bonds is 12. The predicted octanol–water partition coefficient (Wildman–Crippen LogP) is 2.68. The second-order valence-corrected chi connectivity index (χ2v) is 7.24. The van der Waals surface area contributed by atoms with Crippen LogP contribution in [0.4, 0.5) is 0 Å². The minimum Gasteiger partial charge on any atom is -0.475 e. The van der Waals surface area contributed by atoms with Crippen LogP contribution in [0.3, 0.4) is 0 Å². The molecule has 0 aliphatic carbocycles. The summed E-state index contributed by atoms with van der Waals surface area (Å²) in [6.07, 6.45) is 2.84. The fourth-order valence-electron chi connectivity index (χ4n) is 2.88. The molecule has 0 spiro atoms. The van der Waals surface area contributed by atoms with E-state index < -0.39 is 0 Å². The topological polar surface area (TPSA) is 71.0 Å². The summed E-state index contributed by atoms with van der Waals surface area (Å²) in [6, 6.07) is 14.9. The van der Waals surface area contributed by atoms with E-state index in [0.29, 0.717) is 31.7 Å². The van der Waals surface area contributed by atoms with E-state index in [1.807, 2.05) is 18.3 Å². The van der Waals surface area contributed by atoms with Gasteiger partial charge in [-0.3, -0.25) is 9.89 Å². The van der Waals surface area contributed by atoms with Gasteiger partial charge < -0.3 is 20.1 Å². The Morgan fingerprint density at radius 1 is 1.10 bits per heavy atom. The number of hydrogen-bond acceptors (Lipinski definition) is 5. The third-order valence-electron chi connectivity index (χ3n) is 4.90. The summed E-state index contributed by atoms with van der Waals surface area (Å²) >= 11 is 0. The van der Waals surface area contributed by atoms with Crippen LogP contribution >= 0.6 is 0 Å². The van der Waals surface area contributed by atoms with Gasteiger partial charge in [0.25, 0.3) is 0 Å². The Bertz CT molecular complexity index is 737. The molecule has 0 fully saturated rings. The first-order valence-corrected chi connectivity index (χ1v) is 10.4. The number of hydrogen-bond donors (Lipinski definition) is 2. The van der Waals surface area contributed by atoms with E-state index in [1.165, 1.54) is 5.56 Å². The van der Waals surface area contributed by atoms with Crippen LogP contribution in [-0.4, -0.2) is 62.8 Å². The van der Waals surface area contributed by atoms with Crippen molar-refractivity contribution in [1.29, 1.82) is 0 Å². The Morgan fingerprint density at radius 2 is 1.90 bits per heavy atom. The molecule has 1 atom stereocenters. The van der Waals surface area contributed by atoms with Crippen LogP contribution in [0, 0.1) is 0 Å². The van der Waals surface area contributed by atoms with Crippen molar-refractivity contribution in [3.05, 3.63) is 59.8 Å². The molecule has 0 bridgehead atoms. The lowest BCUT2D eigenvalue weighted by molar-refractivity contribution is 0.143. The van der Waals surface area contributed by atoms with Crippen molar-refractivity contribution in [2.24, 2.45) is 4.99 Å². The largest absolute Gasteiger partial charge is 0.475 e. The van der Waals surface area contributed by atoms with Gasteiger partial charge in [0, 0.05) is 52.1 Å². The van der Waals surface area contributed by atoms with Crippen LogP contribution < -0.4 is 15.4 Å². The number of pyridine rings is 1. The van der Waals surface area contributed by atoms with E-state index in [9.17, 15) is 0 Å². The summed E-state index contributed by atoms with van der Waals surface area (Å²) in [6.45, 7) is 5.75. The molecule has 0 radical (unpaired) electrons. The van der Waals surface area contributed by atoms with E-state index in [0.717, 1.165) is 31.0 Å². The van der Waals surface area contributed by atoms with Gasteiger partial charge in [-0.15, -0.1) is 0 Å². The maximum atomic E-state index is 5.48. The maximum absolute atomic E-state index is 5.48. The minimum atomic E-state index is 0.464. The highest BCUT2D eigenvalue weighted by Crippen LogP contribution is 2.08. The summed E-state index contributed by atoms with van der Waals surface area (Å²) in [4.78, 5) is 11.0. The molecule has 1 aromatic heterocycles. The van der Waals surface area contributed by atoms with Gasteiger partial charge in [-0.2, -0.15) is 0 Å². The third kappa shape index (κ3) is 8.80. The van der Waals surface area contributed by atoms with Crippen molar-refractivity contribution in [2.45, 2.75) is 32.5 Å². The zero-order valence-electron chi connectivity index (χ0n) is 18.6. The first-order valence-electron chi connectivity index (χ1n) is 10.4. The lowest BCUT2D eigenvalue weighted by atomic mass is 10.1. The summed E-state index contributed by atoms with van der Waals surface area (Å²) < 4.78 is 10.4. The molecule has 7 heteroatoms. The molecule has 0 saturated carbocycles. The molecule has 2 rings (SSSR count). The molecule has 0 amide bonds. The lowest BCUT2D eigenvalue weighted by Crippen LogP contribution is -2.39. The molecule has 0 aliphatic rings. The standard InChI is InChI=1S/C23H35N5O2/c1-19(28(3)18-20-8-6-5-7-9-20)12-13-25-23(24-2)27-17-21-10-11-22(26-16-21)30-15-14-29-4/h5-11,16,19H,12-15,17-18H2,1-4H3,(H2,24,25,27). The number of nitrogens with one attached hydrogen (secondary N) is 2. The molecular formula is C23H35N5O2. The Balaban J connectivity index is 1.68. The average molecular weight is 414 g/mol. The summed E-state index contributed by atoms with van der Waals surface area (Å²) in [5.41, 5.74) is 2.40. The zero-order valence-corrected chi connectivity index (χ0v) is 18.6. The molecule has 2 aromatic rings. The number of guanidine groups is 1. The number of benzene rings is 1. The Hall–Kier alpha value is -2.64. The van der Waals surface area contributed by atoms with Gasteiger partial charge in [-0.25, -0.2) is 4.98 Å². The molecule has 30 heavy (non-hydrogen) atoms. The first-order chi connectivity index (χ1) is 14.6. The third-order valence-corrected chi connectivity index (χ3v) is 4.90. The van der Waals surface area contributed by atoms with Crippen molar-refractivity contribution < 1.29 is 9.47 Å². The molecule has 2 N–H and O–H groups in total. The zero-order chi connectivity index (χ0) is 21.6. The van der Waals surface area contributed by atoms with Crippen LogP contribution in [0.5, 0.6) is 5.88 Å². The van der Waals surface area contributed by atoms with Gasteiger partial charge in [0.05, 0.1) is 6.61 Å². The highest BCUT2D eigenvalue weighted by molar-refractivity contribution is 5.79.